The number of rotatable bonds is 3. The normalized spacial score (nSPS) is 9.85. The van der Waals surface area contributed by atoms with Crippen molar-refractivity contribution >= 4 is 11.4 Å². The van der Waals surface area contributed by atoms with Crippen LogP contribution in [-0.4, -0.2) is 20.6 Å². The van der Waals surface area contributed by atoms with E-state index in [9.17, 15) is 4.39 Å². The molecular weight excluding hydrogens is 167 g/mol. The van der Waals surface area contributed by atoms with Crippen molar-refractivity contribution in [3.63, 3.8) is 0 Å². The van der Waals surface area contributed by atoms with Crippen LogP contribution in [0.2, 0.25) is 0 Å². The number of hydrogen-bond acceptors (Lipinski definition) is 2. The molecule has 1 N–H and O–H groups in total. The fraction of sp³-hybridized carbons (Fsp3) is 0.400. The molecule has 0 amide bonds. The predicted octanol–water partition coefficient (Wildman–Crippen LogP) is 2.32. The van der Waals surface area contributed by atoms with Gasteiger partial charge in [0.05, 0.1) is 11.4 Å². The Hall–Kier alpha value is -1.25. The maximum Gasteiger partial charge on any atom is 0.148 e. The van der Waals surface area contributed by atoms with Crippen LogP contribution < -0.4 is 10.2 Å². The largest absolute Gasteiger partial charge is 0.384 e. The maximum absolute atomic E-state index is 13.3. The number of para-hydroxylation sites is 1. The van der Waals surface area contributed by atoms with E-state index in [1.54, 1.807) is 13.1 Å². The van der Waals surface area contributed by atoms with Gasteiger partial charge in [-0.25, -0.2) is 4.39 Å². The lowest BCUT2D eigenvalue weighted by Crippen LogP contribution is -2.17. The molecule has 0 saturated carbocycles. The Morgan fingerprint density at radius 2 is 2.15 bits per heavy atom. The minimum atomic E-state index is -0.208. The van der Waals surface area contributed by atoms with Crippen molar-refractivity contribution in [2.24, 2.45) is 0 Å². The van der Waals surface area contributed by atoms with Gasteiger partial charge in [0, 0.05) is 20.6 Å². The van der Waals surface area contributed by atoms with Crippen molar-refractivity contribution in [2.75, 3.05) is 30.9 Å². The molecule has 72 valence electrons. The highest BCUT2D eigenvalue weighted by atomic mass is 19.1. The smallest absolute Gasteiger partial charge is 0.148 e. The molecular formula is C10H15FN2. The molecule has 3 heteroatoms. The van der Waals surface area contributed by atoms with Gasteiger partial charge in [-0.1, -0.05) is 6.07 Å². The first-order valence-corrected chi connectivity index (χ1v) is 4.38. The van der Waals surface area contributed by atoms with Crippen LogP contribution >= 0.6 is 0 Å². The van der Waals surface area contributed by atoms with Crippen LogP contribution in [0.1, 0.15) is 6.92 Å². The Kier molecular flexibility index (Phi) is 3.12. The zero-order valence-corrected chi connectivity index (χ0v) is 8.26. The molecule has 0 spiro atoms. The first kappa shape index (κ1) is 9.84. The zero-order chi connectivity index (χ0) is 9.84. The minimum absolute atomic E-state index is 0.208. The number of halogens is 1. The summed E-state index contributed by atoms with van der Waals surface area (Å²) in [6.45, 7) is 2.89. The molecule has 0 heterocycles. The SMILES string of the molecule is CCN(C)c1cccc(F)c1NC. The van der Waals surface area contributed by atoms with E-state index in [1.165, 1.54) is 6.07 Å². The Morgan fingerprint density at radius 3 is 2.69 bits per heavy atom. The van der Waals surface area contributed by atoms with E-state index in [0.29, 0.717) is 5.69 Å². The average Bonchev–Trinajstić information content (AvgIpc) is 2.16. The standard InChI is InChI=1S/C10H15FN2/c1-4-13(3)9-7-5-6-8(11)10(9)12-2/h5-7,12H,4H2,1-3H3. The van der Waals surface area contributed by atoms with Crippen LogP contribution in [0, 0.1) is 5.82 Å². The molecule has 1 aromatic rings. The van der Waals surface area contributed by atoms with Crippen molar-refractivity contribution in [1.82, 2.24) is 0 Å². The number of hydrogen-bond donors (Lipinski definition) is 1. The summed E-state index contributed by atoms with van der Waals surface area (Å²) in [4.78, 5) is 1.99. The second-order valence-corrected chi connectivity index (χ2v) is 2.90. The molecule has 0 aliphatic heterocycles. The van der Waals surface area contributed by atoms with Crippen molar-refractivity contribution in [3.8, 4) is 0 Å². The molecule has 0 unspecified atom stereocenters. The lowest BCUT2D eigenvalue weighted by molar-refractivity contribution is 0.631. The van der Waals surface area contributed by atoms with E-state index in [-0.39, 0.29) is 5.82 Å². The van der Waals surface area contributed by atoms with Crippen LogP contribution in [0.5, 0.6) is 0 Å². The van der Waals surface area contributed by atoms with Crippen LogP contribution in [0.15, 0.2) is 18.2 Å². The average molecular weight is 182 g/mol. The highest BCUT2D eigenvalue weighted by molar-refractivity contribution is 5.70. The summed E-state index contributed by atoms with van der Waals surface area (Å²) in [5.74, 6) is -0.208. The van der Waals surface area contributed by atoms with E-state index in [4.69, 9.17) is 0 Å². The van der Waals surface area contributed by atoms with Gasteiger partial charge in [0.25, 0.3) is 0 Å². The highest BCUT2D eigenvalue weighted by Crippen LogP contribution is 2.26. The van der Waals surface area contributed by atoms with Gasteiger partial charge >= 0.3 is 0 Å². The van der Waals surface area contributed by atoms with Crippen LogP contribution in [0.25, 0.3) is 0 Å². The molecule has 13 heavy (non-hydrogen) atoms. The van der Waals surface area contributed by atoms with Gasteiger partial charge in [-0.2, -0.15) is 0 Å². The first-order valence-electron chi connectivity index (χ1n) is 4.38. The third-order valence-electron chi connectivity index (χ3n) is 2.13. The van der Waals surface area contributed by atoms with Crippen LogP contribution in [-0.2, 0) is 0 Å². The predicted molar refractivity (Wildman–Crippen MR) is 54.9 cm³/mol. The van der Waals surface area contributed by atoms with Crippen molar-refractivity contribution in [2.45, 2.75) is 6.92 Å². The third kappa shape index (κ3) is 1.91. The van der Waals surface area contributed by atoms with Gasteiger partial charge in [0.15, 0.2) is 0 Å². The summed E-state index contributed by atoms with van der Waals surface area (Å²) in [7, 11) is 3.67. The summed E-state index contributed by atoms with van der Waals surface area (Å²) in [6.07, 6.45) is 0. The summed E-state index contributed by atoms with van der Waals surface area (Å²) in [5.41, 5.74) is 1.46. The minimum Gasteiger partial charge on any atom is -0.384 e. The van der Waals surface area contributed by atoms with Gasteiger partial charge < -0.3 is 10.2 Å². The molecule has 1 rings (SSSR count). The molecule has 0 fully saturated rings. The number of nitrogens with zero attached hydrogens (tertiary/aromatic N) is 1. The second kappa shape index (κ2) is 4.12. The van der Waals surface area contributed by atoms with Crippen LogP contribution in [0.4, 0.5) is 15.8 Å². The second-order valence-electron chi connectivity index (χ2n) is 2.90. The molecule has 0 radical (unpaired) electrons. The molecule has 0 atom stereocenters. The monoisotopic (exact) mass is 182 g/mol. The third-order valence-corrected chi connectivity index (χ3v) is 2.13. The van der Waals surface area contributed by atoms with Crippen molar-refractivity contribution in [1.29, 1.82) is 0 Å². The number of nitrogens with one attached hydrogen (secondary N) is 1. The van der Waals surface area contributed by atoms with Crippen molar-refractivity contribution < 1.29 is 4.39 Å². The van der Waals surface area contributed by atoms with Gasteiger partial charge in [-0.15, -0.1) is 0 Å². The van der Waals surface area contributed by atoms with Gasteiger partial charge in [-0.3, -0.25) is 0 Å². The van der Waals surface area contributed by atoms with E-state index >= 15 is 0 Å². The Labute approximate surface area is 78.4 Å². The number of anilines is 2. The number of benzene rings is 1. The topological polar surface area (TPSA) is 15.3 Å². The fourth-order valence-electron chi connectivity index (χ4n) is 1.25. The van der Waals surface area contributed by atoms with Gasteiger partial charge in [-0.05, 0) is 19.1 Å². The lowest BCUT2D eigenvalue weighted by Gasteiger charge is -2.20. The molecule has 0 aliphatic carbocycles. The molecule has 0 aliphatic rings. The summed E-state index contributed by atoms with van der Waals surface area (Å²) in [6, 6.07) is 5.08. The molecule has 1 aromatic carbocycles. The van der Waals surface area contributed by atoms with Crippen molar-refractivity contribution in [3.05, 3.63) is 24.0 Å². The first-order chi connectivity index (χ1) is 6.20. The quantitative estimate of drug-likeness (QED) is 0.771. The van der Waals surface area contributed by atoms with E-state index in [0.717, 1.165) is 12.2 Å². The fourth-order valence-corrected chi connectivity index (χ4v) is 1.25. The van der Waals surface area contributed by atoms with Gasteiger partial charge in [0.2, 0.25) is 0 Å². The zero-order valence-electron chi connectivity index (χ0n) is 8.26. The highest BCUT2D eigenvalue weighted by Gasteiger charge is 2.08. The maximum atomic E-state index is 13.3. The van der Waals surface area contributed by atoms with Gasteiger partial charge in [0.1, 0.15) is 5.82 Å². The van der Waals surface area contributed by atoms with E-state index in [2.05, 4.69) is 5.32 Å². The summed E-state index contributed by atoms with van der Waals surface area (Å²) < 4.78 is 13.3. The Morgan fingerprint density at radius 1 is 1.46 bits per heavy atom. The van der Waals surface area contributed by atoms with E-state index in [1.807, 2.05) is 24.9 Å². The Bertz CT molecular complexity index is 286. The summed E-state index contributed by atoms with van der Waals surface area (Å²) >= 11 is 0. The molecule has 0 saturated heterocycles. The Balaban J connectivity index is 3.12. The molecule has 2 nitrogen and oxygen atoms in total. The molecule has 0 bridgehead atoms. The summed E-state index contributed by atoms with van der Waals surface area (Å²) in [5, 5.41) is 2.86. The molecule has 0 aromatic heterocycles. The van der Waals surface area contributed by atoms with Crippen LogP contribution in [0.3, 0.4) is 0 Å². The lowest BCUT2D eigenvalue weighted by atomic mass is 10.2. The van der Waals surface area contributed by atoms with E-state index < -0.39 is 0 Å².